The van der Waals surface area contributed by atoms with Crippen LogP contribution in [0.15, 0.2) is 17.0 Å². The van der Waals surface area contributed by atoms with Gasteiger partial charge in [0, 0.05) is 22.8 Å². The van der Waals surface area contributed by atoms with Crippen LogP contribution in [0.2, 0.25) is 0 Å². The Labute approximate surface area is 101 Å². The van der Waals surface area contributed by atoms with Gasteiger partial charge in [-0.3, -0.25) is 0 Å². The SMILES string of the molecule is Cc1cc(C)c2c(c1)SC(CCO)C(C)N2. The number of aliphatic hydroxyl groups excluding tert-OH is 1. The van der Waals surface area contributed by atoms with Crippen molar-refractivity contribution < 1.29 is 5.11 Å². The predicted molar refractivity (Wildman–Crippen MR) is 70.3 cm³/mol. The van der Waals surface area contributed by atoms with Gasteiger partial charge in [-0.15, -0.1) is 11.8 Å². The Bertz CT molecular complexity index is 392. The van der Waals surface area contributed by atoms with Crippen LogP contribution >= 0.6 is 11.8 Å². The minimum Gasteiger partial charge on any atom is -0.396 e. The molecule has 88 valence electrons. The largest absolute Gasteiger partial charge is 0.396 e. The fourth-order valence-corrected chi connectivity index (χ4v) is 3.64. The van der Waals surface area contributed by atoms with E-state index < -0.39 is 0 Å². The number of nitrogens with one attached hydrogen (secondary N) is 1. The molecule has 1 heterocycles. The van der Waals surface area contributed by atoms with Gasteiger partial charge >= 0.3 is 0 Å². The highest BCUT2D eigenvalue weighted by Gasteiger charge is 2.26. The van der Waals surface area contributed by atoms with Gasteiger partial charge in [0.25, 0.3) is 0 Å². The highest BCUT2D eigenvalue weighted by atomic mass is 32.2. The van der Waals surface area contributed by atoms with E-state index >= 15 is 0 Å². The zero-order valence-electron chi connectivity index (χ0n) is 10.1. The molecule has 1 aromatic carbocycles. The molecule has 0 radical (unpaired) electrons. The molecule has 0 fully saturated rings. The Kier molecular flexibility index (Phi) is 3.45. The number of aliphatic hydroxyl groups is 1. The second kappa shape index (κ2) is 4.68. The summed E-state index contributed by atoms with van der Waals surface area (Å²) in [6.45, 7) is 6.74. The van der Waals surface area contributed by atoms with Crippen molar-refractivity contribution in [1.82, 2.24) is 0 Å². The van der Waals surface area contributed by atoms with E-state index in [-0.39, 0.29) is 6.61 Å². The first kappa shape index (κ1) is 11.8. The van der Waals surface area contributed by atoms with Gasteiger partial charge in [-0.1, -0.05) is 6.07 Å². The van der Waals surface area contributed by atoms with Crippen molar-refractivity contribution in [2.24, 2.45) is 0 Å². The van der Waals surface area contributed by atoms with Crippen molar-refractivity contribution in [2.75, 3.05) is 11.9 Å². The fraction of sp³-hybridized carbons (Fsp3) is 0.538. The van der Waals surface area contributed by atoms with Crippen LogP contribution in [-0.2, 0) is 0 Å². The van der Waals surface area contributed by atoms with E-state index in [2.05, 4.69) is 38.2 Å². The van der Waals surface area contributed by atoms with E-state index in [9.17, 15) is 0 Å². The minimum atomic E-state index is 0.268. The Hall–Kier alpha value is -0.670. The molecular weight excluding hydrogens is 218 g/mol. The Morgan fingerprint density at radius 1 is 1.38 bits per heavy atom. The van der Waals surface area contributed by atoms with E-state index in [0.717, 1.165) is 6.42 Å². The molecule has 2 nitrogen and oxygen atoms in total. The van der Waals surface area contributed by atoms with Crippen LogP contribution < -0.4 is 5.32 Å². The van der Waals surface area contributed by atoms with Gasteiger partial charge in [0.2, 0.25) is 0 Å². The van der Waals surface area contributed by atoms with Crippen molar-refractivity contribution in [3.8, 4) is 0 Å². The molecule has 0 aliphatic carbocycles. The molecule has 0 amide bonds. The molecule has 0 spiro atoms. The van der Waals surface area contributed by atoms with Crippen LogP contribution in [0.3, 0.4) is 0 Å². The number of anilines is 1. The average molecular weight is 237 g/mol. The Morgan fingerprint density at radius 2 is 2.12 bits per heavy atom. The summed E-state index contributed by atoms with van der Waals surface area (Å²) < 4.78 is 0. The van der Waals surface area contributed by atoms with Gasteiger partial charge in [-0.2, -0.15) is 0 Å². The predicted octanol–water partition coefficient (Wildman–Crippen LogP) is 2.96. The number of benzene rings is 1. The third-order valence-electron chi connectivity index (χ3n) is 3.07. The van der Waals surface area contributed by atoms with Crippen molar-refractivity contribution >= 4 is 17.4 Å². The number of hydrogen-bond donors (Lipinski definition) is 2. The molecule has 0 saturated heterocycles. The second-order valence-electron chi connectivity index (χ2n) is 4.56. The summed E-state index contributed by atoms with van der Waals surface area (Å²) in [5.41, 5.74) is 3.90. The summed E-state index contributed by atoms with van der Waals surface area (Å²) in [7, 11) is 0. The van der Waals surface area contributed by atoms with E-state index in [1.54, 1.807) is 0 Å². The highest BCUT2D eigenvalue weighted by molar-refractivity contribution is 8.00. The van der Waals surface area contributed by atoms with E-state index in [1.807, 2.05) is 11.8 Å². The molecule has 2 atom stereocenters. The number of aryl methyl sites for hydroxylation is 2. The Balaban J connectivity index is 2.31. The van der Waals surface area contributed by atoms with E-state index in [1.165, 1.54) is 21.7 Å². The number of thioether (sulfide) groups is 1. The van der Waals surface area contributed by atoms with Gasteiger partial charge < -0.3 is 10.4 Å². The summed E-state index contributed by atoms with van der Waals surface area (Å²) in [4.78, 5) is 1.33. The van der Waals surface area contributed by atoms with Gasteiger partial charge in [-0.25, -0.2) is 0 Å². The molecule has 0 saturated carbocycles. The van der Waals surface area contributed by atoms with Crippen LogP contribution in [0.25, 0.3) is 0 Å². The van der Waals surface area contributed by atoms with Crippen molar-refractivity contribution in [2.45, 2.75) is 43.4 Å². The van der Waals surface area contributed by atoms with Gasteiger partial charge in [0.15, 0.2) is 0 Å². The minimum absolute atomic E-state index is 0.268. The third kappa shape index (κ3) is 2.20. The number of rotatable bonds is 2. The summed E-state index contributed by atoms with van der Waals surface area (Å²) in [5, 5.41) is 13.1. The topological polar surface area (TPSA) is 32.3 Å². The van der Waals surface area contributed by atoms with Gasteiger partial charge in [0.05, 0.1) is 5.69 Å². The van der Waals surface area contributed by atoms with Gasteiger partial charge in [0.1, 0.15) is 0 Å². The fourth-order valence-electron chi connectivity index (χ4n) is 2.23. The molecule has 2 rings (SSSR count). The second-order valence-corrected chi connectivity index (χ2v) is 5.84. The third-order valence-corrected chi connectivity index (χ3v) is 4.59. The molecule has 16 heavy (non-hydrogen) atoms. The van der Waals surface area contributed by atoms with Crippen molar-refractivity contribution in [3.63, 3.8) is 0 Å². The highest BCUT2D eigenvalue weighted by Crippen LogP contribution is 2.41. The normalized spacial score (nSPS) is 23.8. The molecular formula is C13H19NOS. The zero-order valence-corrected chi connectivity index (χ0v) is 10.9. The standard InChI is InChI=1S/C13H19NOS/c1-8-6-9(2)13-12(7-8)16-11(4-5-15)10(3)14-13/h6-7,10-11,14-15H,4-5H2,1-3H3. The van der Waals surface area contributed by atoms with Crippen molar-refractivity contribution in [1.29, 1.82) is 0 Å². The zero-order chi connectivity index (χ0) is 11.7. The van der Waals surface area contributed by atoms with Crippen LogP contribution in [0.5, 0.6) is 0 Å². The molecule has 2 unspecified atom stereocenters. The van der Waals surface area contributed by atoms with Gasteiger partial charge in [-0.05, 0) is 44.4 Å². The van der Waals surface area contributed by atoms with Crippen LogP contribution in [0.1, 0.15) is 24.5 Å². The molecule has 0 aromatic heterocycles. The summed E-state index contributed by atoms with van der Waals surface area (Å²) in [6.07, 6.45) is 0.852. The smallest absolute Gasteiger partial charge is 0.0510 e. The first-order valence-electron chi connectivity index (χ1n) is 5.77. The van der Waals surface area contributed by atoms with E-state index in [0.29, 0.717) is 11.3 Å². The monoisotopic (exact) mass is 237 g/mol. The first-order valence-corrected chi connectivity index (χ1v) is 6.65. The average Bonchev–Trinajstić information content (AvgIpc) is 2.21. The van der Waals surface area contributed by atoms with E-state index in [4.69, 9.17) is 5.11 Å². The quantitative estimate of drug-likeness (QED) is 0.829. The Morgan fingerprint density at radius 3 is 2.81 bits per heavy atom. The van der Waals surface area contributed by atoms with Crippen LogP contribution in [0, 0.1) is 13.8 Å². The summed E-state index contributed by atoms with van der Waals surface area (Å²) >= 11 is 1.90. The maximum Gasteiger partial charge on any atom is 0.0510 e. The lowest BCUT2D eigenvalue weighted by atomic mass is 10.1. The molecule has 3 heteroatoms. The first-order chi connectivity index (χ1) is 7.61. The number of hydrogen-bond acceptors (Lipinski definition) is 3. The lowest BCUT2D eigenvalue weighted by Crippen LogP contribution is -2.32. The molecule has 1 aliphatic heterocycles. The molecule has 1 aliphatic rings. The van der Waals surface area contributed by atoms with Crippen molar-refractivity contribution in [3.05, 3.63) is 23.3 Å². The molecule has 1 aromatic rings. The number of fused-ring (bicyclic) bond motifs is 1. The maximum atomic E-state index is 9.05. The maximum absolute atomic E-state index is 9.05. The van der Waals surface area contributed by atoms with Crippen LogP contribution in [-0.4, -0.2) is 23.0 Å². The lowest BCUT2D eigenvalue weighted by Gasteiger charge is -2.33. The summed E-state index contributed by atoms with van der Waals surface area (Å²) in [6, 6.07) is 4.87. The van der Waals surface area contributed by atoms with Crippen LogP contribution in [0.4, 0.5) is 5.69 Å². The molecule has 2 N–H and O–H groups in total. The molecule has 0 bridgehead atoms. The lowest BCUT2D eigenvalue weighted by molar-refractivity contribution is 0.284. The summed E-state index contributed by atoms with van der Waals surface area (Å²) in [5.74, 6) is 0.